The highest BCUT2D eigenvalue weighted by atomic mass is 32.1. The molecule has 7 nitrogen and oxygen atoms in total. The smallest absolute Gasteiger partial charge is 0.231 e. The van der Waals surface area contributed by atoms with Crippen LogP contribution >= 0.6 is 11.3 Å². The zero-order valence-electron chi connectivity index (χ0n) is 15.4. The second-order valence-corrected chi connectivity index (χ2v) is 8.02. The number of carbonyl (C=O) groups is 2. The van der Waals surface area contributed by atoms with Gasteiger partial charge in [-0.25, -0.2) is 0 Å². The van der Waals surface area contributed by atoms with Gasteiger partial charge >= 0.3 is 0 Å². The third-order valence-electron chi connectivity index (χ3n) is 5.13. The normalized spacial score (nSPS) is 19.7. The Morgan fingerprint density at radius 1 is 1.19 bits per heavy atom. The van der Waals surface area contributed by atoms with Crippen molar-refractivity contribution >= 4 is 39.7 Å². The SMILES string of the molecule is CCc1nnc(NC(=O)C2CC(=O)N(c3ccc(N4CCCC4)cc3)C2)s1. The van der Waals surface area contributed by atoms with Gasteiger partial charge in [0.2, 0.25) is 16.9 Å². The summed E-state index contributed by atoms with van der Waals surface area (Å²) in [7, 11) is 0. The van der Waals surface area contributed by atoms with Gasteiger partial charge in [-0.3, -0.25) is 9.59 Å². The predicted octanol–water partition coefficient (Wildman–Crippen LogP) is 2.69. The molecule has 0 radical (unpaired) electrons. The van der Waals surface area contributed by atoms with Crippen LogP contribution in [0.1, 0.15) is 31.2 Å². The monoisotopic (exact) mass is 385 g/mol. The third kappa shape index (κ3) is 3.80. The van der Waals surface area contributed by atoms with Crippen LogP contribution in [0.15, 0.2) is 24.3 Å². The van der Waals surface area contributed by atoms with E-state index in [0.29, 0.717) is 11.7 Å². The minimum Gasteiger partial charge on any atom is -0.372 e. The Balaban J connectivity index is 1.40. The molecule has 1 unspecified atom stereocenters. The molecule has 0 spiro atoms. The fourth-order valence-corrected chi connectivity index (χ4v) is 4.29. The molecule has 1 aromatic heterocycles. The molecule has 1 N–H and O–H groups in total. The molecule has 1 atom stereocenters. The van der Waals surface area contributed by atoms with Gasteiger partial charge in [0.25, 0.3) is 0 Å². The maximum Gasteiger partial charge on any atom is 0.231 e. The number of benzene rings is 1. The van der Waals surface area contributed by atoms with Crippen LogP contribution in [0.3, 0.4) is 0 Å². The summed E-state index contributed by atoms with van der Waals surface area (Å²) in [5, 5.41) is 12.2. The molecular weight excluding hydrogens is 362 g/mol. The molecule has 3 heterocycles. The summed E-state index contributed by atoms with van der Waals surface area (Å²) < 4.78 is 0. The topological polar surface area (TPSA) is 78.4 Å². The molecule has 1 aromatic carbocycles. The van der Waals surface area contributed by atoms with Gasteiger partial charge in [-0.1, -0.05) is 18.3 Å². The number of aryl methyl sites for hydroxylation is 1. The molecule has 2 amide bonds. The fourth-order valence-electron chi connectivity index (χ4n) is 3.61. The number of nitrogens with one attached hydrogen (secondary N) is 1. The van der Waals surface area contributed by atoms with Gasteiger partial charge in [-0.2, -0.15) is 0 Å². The van der Waals surface area contributed by atoms with E-state index in [1.54, 1.807) is 4.90 Å². The molecular formula is C19H23N5O2S. The molecule has 142 valence electrons. The van der Waals surface area contributed by atoms with Gasteiger partial charge in [-0.05, 0) is 43.5 Å². The lowest BCUT2D eigenvalue weighted by Crippen LogP contribution is -2.28. The van der Waals surface area contributed by atoms with Gasteiger partial charge in [0.15, 0.2) is 0 Å². The molecule has 2 fully saturated rings. The van der Waals surface area contributed by atoms with E-state index in [4.69, 9.17) is 0 Å². The highest BCUT2D eigenvalue weighted by Gasteiger charge is 2.35. The quantitative estimate of drug-likeness (QED) is 0.856. The van der Waals surface area contributed by atoms with Crippen molar-refractivity contribution in [3.63, 3.8) is 0 Å². The van der Waals surface area contributed by atoms with Crippen LogP contribution in [0.4, 0.5) is 16.5 Å². The number of anilines is 3. The van der Waals surface area contributed by atoms with E-state index in [0.717, 1.165) is 30.2 Å². The highest BCUT2D eigenvalue weighted by molar-refractivity contribution is 7.15. The summed E-state index contributed by atoms with van der Waals surface area (Å²) in [6.07, 6.45) is 3.48. The molecule has 0 saturated carbocycles. The van der Waals surface area contributed by atoms with E-state index in [1.807, 2.05) is 19.1 Å². The summed E-state index contributed by atoms with van der Waals surface area (Å²) in [5.41, 5.74) is 2.04. The third-order valence-corrected chi connectivity index (χ3v) is 6.11. The molecule has 0 aliphatic carbocycles. The number of rotatable bonds is 5. The van der Waals surface area contributed by atoms with Gasteiger partial charge < -0.3 is 15.1 Å². The van der Waals surface area contributed by atoms with Crippen molar-refractivity contribution in [1.82, 2.24) is 10.2 Å². The van der Waals surface area contributed by atoms with Gasteiger partial charge in [0.05, 0.1) is 5.92 Å². The zero-order valence-corrected chi connectivity index (χ0v) is 16.2. The first kappa shape index (κ1) is 17.9. The summed E-state index contributed by atoms with van der Waals surface area (Å²) in [5.74, 6) is -0.557. The average molecular weight is 385 g/mol. The Morgan fingerprint density at radius 2 is 1.89 bits per heavy atom. The van der Waals surface area contributed by atoms with Crippen molar-refractivity contribution < 1.29 is 9.59 Å². The lowest BCUT2D eigenvalue weighted by molar-refractivity contribution is -0.122. The first-order chi connectivity index (χ1) is 13.1. The van der Waals surface area contributed by atoms with Crippen LogP contribution in [-0.4, -0.2) is 41.6 Å². The number of carbonyl (C=O) groups excluding carboxylic acids is 2. The Bertz CT molecular complexity index is 829. The van der Waals surface area contributed by atoms with Crippen molar-refractivity contribution in [3.05, 3.63) is 29.3 Å². The maximum atomic E-state index is 12.5. The van der Waals surface area contributed by atoms with E-state index in [1.165, 1.54) is 29.9 Å². The minimum atomic E-state index is -0.371. The Kier molecular flexibility index (Phi) is 5.07. The van der Waals surface area contributed by atoms with Crippen LogP contribution in [0.2, 0.25) is 0 Å². The average Bonchev–Trinajstić information content (AvgIpc) is 3.42. The summed E-state index contributed by atoms with van der Waals surface area (Å²) in [6.45, 7) is 4.58. The Morgan fingerprint density at radius 3 is 2.56 bits per heavy atom. The number of nitrogens with zero attached hydrogens (tertiary/aromatic N) is 4. The lowest BCUT2D eigenvalue weighted by Gasteiger charge is -2.20. The number of aromatic nitrogens is 2. The van der Waals surface area contributed by atoms with E-state index < -0.39 is 0 Å². The van der Waals surface area contributed by atoms with E-state index in [9.17, 15) is 9.59 Å². The van der Waals surface area contributed by atoms with Gasteiger partial charge in [0.1, 0.15) is 5.01 Å². The van der Waals surface area contributed by atoms with E-state index in [-0.39, 0.29) is 24.2 Å². The van der Waals surface area contributed by atoms with Crippen LogP contribution < -0.4 is 15.1 Å². The largest absolute Gasteiger partial charge is 0.372 e. The van der Waals surface area contributed by atoms with Crippen LogP contribution in [0, 0.1) is 5.92 Å². The number of hydrogen-bond donors (Lipinski definition) is 1. The molecule has 0 bridgehead atoms. The zero-order chi connectivity index (χ0) is 18.8. The summed E-state index contributed by atoms with van der Waals surface area (Å²) in [6, 6.07) is 8.08. The molecule has 2 aliphatic rings. The fraction of sp³-hybridized carbons (Fsp3) is 0.474. The molecule has 2 aromatic rings. The number of amides is 2. The summed E-state index contributed by atoms with van der Waals surface area (Å²) >= 11 is 1.37. The van der Waals surface area contributed by atoms with Crippen molar-refractivity contribution in [2.45, 2.75) is 32.6 Å². The first-order valence-electron chi connectivity index (χ1n) is 9.42. The standard InChI is InChI=1S/C19H23N5O2S/c1-2-16-21-22-19(27-16)20-18(26)13-11-17(25)24(12-13)15-7-5-14(6-8-15)23-9-3-4-10-23/h5-8,13H,2-4,9-12H2,1H3,(H,20,22,26). The molecule has 2 aliphatic heterocycles. The molecule has 8 heteroatoms. The van der Waals surface area contributed by atoms with Crippen LogP contribution in [0.25, 0.3) is 0 Å². The first-order valence-corrected chi connectivity index (χ1v) is 10.2. The number of hydrogen-bond acceptors (Lipinski definition) is 6. The molecule has 4 rings (SSSR count). The predicted molar refractivity (Wildman–Crippen MR) is 106 cm³/mol. The van der Waals surface area contributed by atoms with E-state index >= 15 is 0 Å². The minimum absolute atomic E-state index is 0.0180. The van der Waals surface area contributed by atoms with Crippen molar-refractivity contribution in [3.8, 4) is 0 Å². The van der Waals surface area contributed by atoms with Gasteiger partial charge in [0, 0.05) is 37.4 Å². The molecule has 27 heavy (non-hydrogen) atoms. The maximum absolute atomic E-state index is 12.5. The van der Waals surface area contributed by atoms with Gasteiger partial charge in [-0.15, -0.1) is 10.2 Å². The van der Waals surface area contributed by atoms with E-state index in [2.05, 4.69) is 32.5 Å². The lowest BCUT2D eigenvalue weighted by atomic mass is 10.1. The van der Waals surface area contributed by atoms with Crippen LogP contribution in [-0.2, 0) is 16.0 Å². The van der Waals surface area contributed by atoms with Crippen molar-refractivity contribution in [2.75, 3.05) is 34.8 Å². The second-order valence-electron chi connectivity index (χ2n) is 6.96. The Labute approximate surface area is 162 Å². The highest BCUT2D eigenvalue weighted by Crippen LogP contribution is 2.29. The summed E-state index contributed by atoms with van der Waals surface area (Å²) in [4.78, 5) is 29.0. The van der Waals surface area contributed by atoms with Crippen LogP contribution in [0.5, 0.6) is 0 Å². The molecule has 2 saturated heterocycles. The second kappa shape index (κ2) is 7.64. The van der Waals surface area contributed by atoms with Crippen molar-refractivity contribution in [1.29, 1.82) is 0 Å². The van der Waals surface area contributed by atoms with Crippen molar-refractivity contribution in [2.24, 2.45) is 5.92 Å². The Hall–Kier alpha value is -2.48.